The molecule has 1 heterocycles. The molecule has 1 saturated heterocycles. The molecule has 1 aliphatic rings. The maximum atomic E-state index is 11.8. The number of rotatable bonds is 3. The van der Waals surface area contributed by atoms with Crippen molar-refractivity contribution < 1.29 is 9.53 Å². The van der Waals surface area contributed by atoms with Crippen LogP contribution in [0.25, 0.3) is 0 Å². The number of hydrogen-bond donors (Lipinski definition) is 0. The summed E-state index contributed by atoms with van der Waals surface area (Å²) in [7, 11) is 0. The molecule has 0 saturated carbocycles. The normalized spacial score (nSPS) is 27.8. The monoisotopic (exact) mass is 263 g/mol. The number of amides is 1. The smallest absolute Gasteiger partial charge is 0.223 e. The zero-order valence-electron chi connectivity index (χ0n) is 8.83. The Morgan fingerprint density at radius 1 is 1.64 bits per heavy atom. The van der Waals surface area contributed by atoms with Crippen LogP contribution in [-0.4, -0.2) is 41.4 Å². The molecule has 0 aromatic rings. The predicted octanol–water partition coefficient (Wildman–Crippen LogP) is 1.80. The minimum Gasteiger partial charge on any atom is -0.375 e. The SMILES string of the molecule is CCC1COC(C)CN1C(=O)CCBr. The van der Waals surface area contributed by atoms with E-state index in [4.69, 9.17) is 4.74 Å². The van der Waals surface area contributed by atoms with E-state index in [-0.39, 0.29) is 18.1 Å². The quantitative estimate of drug-likeness (QED) is 0.727. The lowest BCUT2D eigenvalue weighted by Crippen LogP contribution is -2.51. The van der Waals surface area contributed by atoms with Crippen LogP contribution in [0, 0.1) is 0 Å². The van der Waals surface area contributed by atoms with Crippen molar-refractivity contribution in [3.63, 3.8) is 0 Å². The Labute approximate surface area is 93.9 Å². The Bertz CT molecular complexity index is 199. The second kappa shape index (κ2) is 5.71. The van der Waals surface area contributed by atoms with Crippen LogP contribution in [0.2, 0.25) is 0 Å². The van der Waals surface area contributed by atoms with E-state index in [0.29, 0.717) is 13.0 Å². The van der Waals surface area contributed by atoms with Crippen molar-refractivity contribution in [1.82, 2.24) is 4.90 Å². The molecule has 1 amide bonds. The van der Waals surface area contributed by atoms with Gasteiger partial charge in [-0.1, -0.05) is 22.9 Å². The molecule has 0 spiro atoms. The van der Waals surface area contributed by atoms with Crippen molar-refractivity contribution in [3.05, 3.63) is 0 Å². The van der Waals surface area contributed by atoms with Gasteiger partial charge in [0.2, 0.25) is 5.91 Å². The Balaban J connectivity index is 2.56. The highest BCUT2D eigenvalue weighted by Gasteiger charge is 2.28. The fourth-order valence-electron chi connectivity index (χ4n) is 1.71. The molecule has 82 valence electrons. The lowest BCUT2D eigenvalue weighted by atomic mass is 10.1. The van der Waals surface area contributed by atoms with E-state index in [2.05, 4.69) is 22.9 Å². The van der Waals surface area contributed by atoms with E-state index in [1.807, 2.05) is 11.8 Å². The topological polar surface area (TPSA) is 29.5 Å². The third kappa shape index (κ3) is 2.95. The number of carbonyl (C=O) groups is 1. The van der Waals surface area contributed by atoms with Gasteiger partial charge < -0.3 is 9.64 Å². The van der Waals surface area contributed by atoms with Gasteiger partial charge in [0, 0.05) is 18.3 Å². The van der Waals surface area contributed by atoms with Gasteiger partial charge in [0.15, 0.2) is 0 Å². The van der Waals surface area contributed by atoms with Gasteiger partial charge in [-0.05, 0) is 13.3 Å². The zero-order valence-corrected chi connectivity index (χ0v) is 10.4. The van der Waals surface area contributed by atoms with Crippen LogP contribution in [0.15, 0.2) is 0 Å². The first-order valence-corrected chi connectivity index (χ1v) is 6.28. The Kier molecular flexibility index (Phi) is 4.89. The van der Waals surface area contributed by atoms with E-state index in [1.54, 1.807) is 0 Å². The number of morpholine rings is 1. The number of halogens is 1. The molecular weight excluding hydrogens is 246 g/mol. The van der Waals surface area contributed by atoms with Crippen molar-refractivity contribution in [3.8, 4) is 0 Å². The fourth-order valence-corrected chi connectivity index (χ4v) is 2.05. The Morgan fingerprint density at radius 3 is 2.93 bits per heavy atom. The minimum absolute atomic E-state index is 0.178. The molecule has 0 aromatic carbocycles. The number of hydrogen-bond acceptors (Lipinski definition) is 2. The van der Waals surface area contributed by atoms with E-state index in [9.17, 15) is 4.79 Å². The van der Waals surface area contributed by atoms with Gasteiger partial charge in [-0.15, -0.1) is 0 Å². The predicted molar refractivity (Wildman–Crippen MR) is 59.6 cm³/mol. The molecule has 0 radical (unpaired) electrons. The highest BCUT2D eigenvalue weighted by atomic mass is 79.9. The molecule has 0 N–H and O–H groups in total. The molecule has 3 nitrogen and oxygen atoms in total. The van der Waals surface area contributed by atoms with E-state index in [0.717, 1.165) is 18.3 Å². The van der Waals surface area contributed by atoms with Crippen molar-refractivity contribution in [1.29, 1.82) is 0 Å². The maximum absolute atomic E-state index is 11.8. The van der Waals surface area contributed by atoms with Crippen LogP contribution in [0.4, 0.5) is 0 Å². The lowest BCUT2D eigenvalue weighted by Gasteiger charge is -2.38. The van der Waals surface area contributed by atoms with Gasteiger partial charge in [0.25, 0.3) is 0 Å². The number of nitrogens with zero attached hydrogens (tertiary/aromatic N) is 1. The van der Waals surface area contributed by atoms with Crippen LogP contribution in [-0.2, 0) is 9.53 Å². The fraction of sp³-hybridized carbons (Fsp3) is 0.900. The number of ether oxygens (including phenoxy) is 1. The first-order valence-electron chi connectivity index (χ1n) is 5.16. The first kappa shape index (κ1) is 12.0. The lowest BCUT2D eigenvalue weighted by molar-refractivity contribution is -0.143. The summed E-state index contributed by atoms with van der Waals surface area (Å²) in [5.74, 6) is 0.240. The van der Waals surface area contributed by atoms with Crippen LogP contribution < -0.4 is 0 Å². The molecule has 4 heteroatoms. The summed E-state index contributed by atoms with van der Waals surface area (Å²) >= 11 is 3.29. The highest BCUT2D eigenvalue weighted by molar-refractivity contribution is 9.09. The molecule has 0 aromatic heterocycles. The average Bonchev–Trinajstić information content (AvgIpc) is 2.18. The highest BCUT2D eigenvalue weighted by Crippen LogP contribution is 2.15. The summed E-state index contributed by atoms with van der Waals surface area (Å²) in [6.07, 6.45) is 1.74. The second-order valence-corrected chi connectivity index (χ2v) is 4.48. The van der Waals surface area contributed by atoms with Crippen molar-refractivity contribution in [2.75, 3.05) is 18.5 Å². The van der Waals surface area contributed by atoms with Gasteiger partial charge in [-0.25, -0.2) is 0 Å². The Hall–Kier alpha value is -0.0900. The molecular formula is C10H18BrNO2. The average molecular weight is 264 g/mol. The Morgan fingerprint density at radius 2 is 2.36 bits per heavy atom. The number of alkyl halides is 1. The van der Waals surface area contributed by atoms with E-state index in [1.165, 1.54) is 0 Å². The summed E-state index contributed by atoms with van der Waals surface area (Å²) in [5.41, 5.74) is 0. The summed E-state index contributed by atoms with van der Waals surface area (Å²) in [5, 5.41) is 0.744. The molecule has 1 aliphatic heterocycles. The van der Waals surface area contributed by atoms with E-state index >= 15 is 0 Å². The minimum atomic E-state index is 0.178. The first-order chi connectivity index (χ1) is 6.69. The van der Waals surface area contributed by atoms with Crippen LogP contribution in [0.1, 0.15) is 26.7 Å². The molecule has 0 aliphatic carbocycles. The van der Waals surface area contributed by atoms with Crippen molar-refractivity contribution in [2.45, 2.75) is 38.8 Å². The summed E-state index contributed by atoms with van der Waals surface area (Å²) in [6.45, 7) is 5.54. The summed E-state index contributed by atoms with van der Waals surface area (Å²) < 4.78 is 5.53. The van der Waals surface area contributed by atoms with Crippen LogP contribution >= 0.6 is 15.9 Å². The standard InChI is InChI=1S/C10H18BrNO2/c1-3-9-7-14-8(2)6-12(9)10(13)4-5-11/h8-9H,3-7H2,1-2H3. The summed E-state index contributed by atoms with van der Waals surface area (Å²) in [4.78, 5) is 13.7. The van der Waals surface area contributed by atoms with Gasteiger partial charge in [-0.3, -0.25) is 4.79 Å². The zero-order chi connectivity index (χ0) is 10.6. The van der Waals surface area contributed by atoms with Crippen molar-refractivity contribution in [2.24, 2.45) is 0 Å². The molecule has 0 bridgehead atoms. The third-order valence-electron chi connectivity index (χ3n) is 2.57. The molecule has 14 heavy (non-hydrogen) atoms. The van der Waals surface area contributed by atoms with Crippen molar-refractivity contribution >= 4 is 21.8 Å². The second-order valence-electron chi connectivity index (χ2n) is 3.69. The van der Waals surface area contributed by atoms with Crippen LogP contribution in [0.5, 0.6) is 0 Å². The largest absolute Gasteiger partial charge is 0.375 e. The van der Waals surface area contributed by atoms with Crippen LogP contribution in [0.3, 0.4) is 0 Å². The number of carbonyl (C=O) groups excluding carboxylic acids is 1. The molecule has 1 fully saturated rings. The summed E-state index contributed by atoms with van der Waals surface area (Å²) in [6, 6.07) is 0.276. The van der Waals surface area contributed by atoms with E-state index < -0.39 is 0 Å². The van der Waals surface area contributed by atoms with Gasteiger partial charge >= 0.3 is 0 Å². The third-order valence-corrected chi connectivity index (χ3v) is 2.96. The molecule has 2 unspecified atom stereocenters. The van der Waals surface area contributed by atoms with Gasteiger partial charge in [0.05, 0.1) is 18.8 Å². The maximum Gasteiger partial charge on any atom is 0.223 e. The van der Waals surface area contributed by atoms with Gasteiger partial charge in [0.1, 0.15) is 0 Å². The van der Waals surface area contributed by atoms with Gasteiger partial charge in [-0.2, -0.15) is 0 Å². The molecule has 2 atom stereocenters. The molecule has 1 rings (SSSR count).